The molecule has 1 aromatic carbocycles. The lowest BCUT2D eigenvalue weighted by Gasteiger charge is -2.46. The summed E-state index contributed by atoms with van der Waals surface area (Å²) in [6, 6.07) is 16.0. The zero-order chi connectivity index (χ0) is 39.6. The van der Waals surface area contributed by atoms with Crippen molar-refractivity contribution in [3.05, 3.63) is 72.4 Å². The van der Waals surface area contributed by atoms with E-state index in [1.165, 1.54) is 12.6 Å². The molecule has 3 fully saturated rings. The van der Waals surface area contributed by atoms with Gasteiger partial charge in [-0.1, -0.05) is 5.21 Å². The minimum atomic E-state index is -0.470. The summed E-state index contributed by atoms with van der Waals surface area (Å²) in [6.07, 6.45) is 12.8. The van der Waals surface area contributed by atoms with Crippen LogP contribution in [0.25, 0.3) is 22.5 Å². The van der Waals surface area contributed by atoms with Crippen molar-refractivity contribution in [2.45, 2.75) is 83.3 Å². The lowest BCUT2D eigenvalue weighted by Crippen LogP contribution is -2.56. The molecule has 6 heterocycles. The van der Waals surface area contributed by atoms with Crippen molar-refractivity contribution >= 4 is 40.0 Å². The van der Waals surface area contributed by atoms with E-state index in [1.54, 1.807) is 39.6 Å². The number of benzene rings is 1. The number of hydrogen-bond acceptors (Lipinski definition) is 12. The molecule has 16 heteroatoms. The predicted molar refractivity (Wildman–Crippen MR) is 214 cm³/mol. The van der Waals surface area contributed by atoms with Crippen molar-refractivity contribution in [1.82, 2.24) is 45.0 Å². The van der Waals surface area contributed by atoms with Crippen LogP contribution in [0.1, 0.15) is 76.5 Å². The van der Waals surface area contributed by atoms with Crippen LogP contribution in [0.5, 0.6) is 0 Å². The number of urea groups is 1. The van der Waals surface area contributed by atoms with Gasteiger partial charge in [-0.25, -0.2) is 19.4 Å². The van der Waals surface area contributed by atoms with Gasteiger partial charge >= 0.3 is 6.03 Å². The molecule has 0 spiro atoms. The number of nitrogens with zero attached hydrogens (tertiary/aromatic N) is 12. The van der Waals surface area contributed by atoms with Gasteiger partial charge in [0.15, 0.2) is 11.5 Å². The van der Waals surface area contributed by atoms with Crippen LogP contribution >= 0.6 is 0 Å². The SMILES string of the molecule is C[C@H](C#N)Nc1cc(-n2ncc3cc(C#N)cnc32)ncc1-n1cc(C2CCC(CCN3C[C@@H](C)N(c4ccc(N5CCC(=O)NC5=O)cc4)C[C@H]3C)CC2)nn1. The Labute approximate surface area is 331 Å². The normalized spacial score (nSPS) is 22.2. The quantitative estimate of drug-likeness (QED) is 0.187. The maximum atomic E-state index is 12.3. The maximum Gasteiger partial charge on any atom is 0.328 e. The Balaban J connectivity index is 0.859. The van der Waals surface area contributed by atoms with Gasteiger partial charge in [0, 0.05) is 73.1 Å². The summed E-state index contributed by atoms with van der Waals surface area (Å²) in [5.74, 6) is 1.29. The van der Waals surface area contributed by atoms with Crippen LogP contribution in [0.4, 0.5) is 21.9 Å². The summed E-state index contributed by atoms with van der Waals surface area (Å²) < 4.78 is 3.34. The molecule has 2 N–H and O–H groups in total. The molecule has 0 radical (unpaired) electrons. The lowest BCUT2D eigenvalue weighted by atomic mass is 9.79. The molecule has 292 valence electrons. The highest BCUT2D eigenvalue weighted by Crippen LogP contribution is 2.37. The number of nitrogens with one attached hydrogen (secondary N) is 2. The van der Waals surface area contributed by atoms with Crippen LogP contribution in [0, 0.1) is 28.6 Å². The number of imide groups is 1. The molecule has 1 saturated carbocycles. The first-order chi connectivity index (χ1) is 27.7. The number of amides is 3. The number of carbonyl (C=O) groups excluding carboxylic acids is 2. The number of aromatic nitrogens is 7. The molecule has 0 bridgehead atoms. The number of nitriles is 2. The third-order valence-corrected chi connectivity index (χ3v) is 11.7. The zero-order valence-corrected chi connectivity index (χ0v) is 32.4. The molecule has 3 aliphatic rings. The van der Waals surface area contributed by atoms with Crippen LogP contribution in [-0.2, 0) is 4.79 Å². The smallest absolute Gasteiger partial charge is 0.328 e. The summed E-state index contributed by atoms with van der Waals surface area (Å²) in [5.41, 5.74) is 5.28. The molecule has 16 nitrogen and oxygen atoms in total. The van der Waals surface area contributed by atoms with Gasteiger partial charge in [0.1, 0.15) is 17.8 Å². The monoisotopic (exact) mass is 766 g/mol. The van der Waals surface area contributed by atoms with Crippen molar-refractivity contribution in [3.8, 4) is 23.6 Å². The molecule has 57 heavy (non-hydrogen) atoms. The second kappa shape index (κ2) is 16.0. The van der Waals surface area contributed by atoms with Gasteiger partial charge in [0.2, 0.25) is 5.91 Å². The Morgan fingerprint density at radius 2 is 1.75 bits per heavy atom. The highest BCUT2D eigenvalue weighted by atomic mass is 16.2. The summed E-state index contributed by atoms with van der Waals surface area (Å²) in [6.45, 7) is 9.80. The van der Waals surface area contributed by atoms with E-state index in [0.717, 1.165) is 67.8 Å². The number of piperazine rings is 1. The van der Waals surface area contributed by atoms with Crippen molar-refractivity contribution < 1.29 is 9.59 Å². The van der Waals surface area contributed by atoms with E-state index < -0.39 is 6.04 Å². The molecular formula is C41H46N14O2. The highest BCUT2D eigenvalue weighted by molar-refractivity contribution is 6.05. The van der Waals surface area contributed by atoms with Gasteiger partial charge in [-0.2, -0.15) is 20.3 Å². The maximum absolute atomic E-state index is 12.3. The van der Waals surface area contributed by atoms with Crippen molar-refractivity contribution in [2.75, 3.05) is 41.3 Å². The Bertz CT molecular complexity index is 2350. The standard InChI is InChI=1S/C41H46N14O2/c1-26(18-42)47-35-17-38(55-40-32(21-46-55)16-30(19-43)20-45-40)44-22-37(35)54-25-36(49-50-54)31-6-4-29(5-7-31)12-14-51-23-28(3)53(24-27(51)2)34-10-8-33(9-11-34)52-15-13-39(56)48-41(52)57/h8-11,16-17,20-22,25-29,31H,4-7,12-15,23-24H2,1-3H3,(H,44,47)(H,48,56,57)/t26-,27-,28-,29?,31?/m1/s1. The zero-order valence-electron chi connectivity index (χ0n) is 32.4. The molecule has 1 aliphatic carbocycles. The molecule has 2 aliphatic heterocycles. The Morgan fingerprint density at radius 1 is 0.965 bits per heavy atom. The third-order valence-electron chi connectivity index (χ3n) is 11.7. The van der Waals surface area contributed by atoms with E-state index in [2.05, 4.69) is 83.9 Å². The van der Waals surface area contributed by atoms with Gasteiger partial charge in [0.05, 0.1) is 41.6 Å². The number of carbonyl (C=O) groups is 2. The fourth-order valence-electron chi connectivity index (χ4n) is 8.45. The Hall–Kier alpha value is -6.39. The summed E-state index contributed by atoms with van der Waals surface area (Å²) >= 11 is 0. The average Bonchev–Trinajstić information content (AvgIpc) is 3.89. The van der Waals surface area contributed by atoms with Crippen LogP contribution < -0.4 is 20.4 Å². The first-order valence-corrected chi connectivity index (χ1v) is 19.7. The van der Waals surface area contributed by atoms with E-state index in [4.69, 9.17) is 0 Å². The third kappa shape index (κ3) is 7.86. The highest BCUT2D eigenvalue weighted by Gasteiger charge is 2.31. The lowest BCUT2D eigenvalue weighted by molar-refractivity contribution is -0.120. The van der Waals surface area contributed by atoms with Gasteiger partial charge in [-0.05, 0) is 95.7 Å². The number of anilines is 3. The van der Waals surface area contributed by atoms with Gasteiger partial charge in [-0.3, -0.25) is 19.9 Å². The molecule has 4 aromatic heterocycles. The summed E-state index contributed by atoms with van der Waals surface area (Å²) in [5, 5.41) is 38.8. The minimum absolute atomic E-state index is 0.227. The number of hydrogen-bond donors (Lipinski definition) is 2. The molecule has 5 aromatic rings. The Morgan fingerprint density at radius 3 is 2.51 bits per heavy atom. The first kappa shape index (κ1) is 37.5. The van der Waals surface area contributed by atoms with Crippen LogP contribution in [0.2, 0.25) is 0 Å². The van der Waals surface area contributed by atoms with Gasteiger partial charge in [0.25, 0.3) is 0 Å². The van der Waals surface area contributed by atoms with Crippen LogP contribution in [-0.4, -0.2) is 95.9 Å². The van der Waals surface area contributed by atoms with Crippen LogP contribution in [0.3, 0.4) is 0 Å². The summed E-state index contributed by atoms with van der Waals surface area (Å²) in [7, 11) is 0. The Kier molecular flexibility index (Phi) is 10.5. The topological polar surface area (TPSA) is 190 Å². The largest absolute Gasteiger partial charge is 0.368 e. The van der Waals surface area contributed by atoms with Gasteiger partial charge < -0.3 is 10.2 Å². The second-order valence-electron chi connectivity index (χ2n) is 15.6. The second-order valence-corrected chi connectivity index (χ2v) is 15.6. The van der Waals surface area contributed by atoms with Crippen molar-refractivity contribution in [3.63, 3.8) is 0 Å². The fraction of sp³-hybridized carbons (Fsp3) is 0.439. The van der Waals surface area contributed by atoms with E-state index in [-0.39, 0.29) is 11.9 Å². The van der Waals surface area contributed by atoms with Crippen molar-refractivity contribution in [2.24, 2.45) is 5.92 Å². The number of rotatable bonds is 10. The fourth-order valence-corrected chi connectivity index (χ4v) is 8.45. The van der Waals surface area contributed by atoms with Gasteiger partial charge in [-0.15, -0.1) is 5.10 Å². The van der Waals surface area contributed by atoms with E-state index in [9.17, 15) is 20.1 Å². The first-order valence-electron chi connectivity index (χ1n) is 19.7. The molecule has 8 rings (SSSR count). The summed E-state index contributed by atoms with van der Waals surface area (Å²) in [4.78, 5) is 39.7. The predicted octanol–water partition coefficient (Wildman–Crippen LogP) is 5.30. The minimum Gasteiger partial charge on any atom is -0.368 e. The molecule has 3 atom stereocenters. The molecule has 0 unspecified atom stereocenters. The van der Waals surface area contributed by atoms with E-state index in [1.807, 2.05) is 24.4 Å². The molecular weight excluding hydrogens is 721 g/mol. The number of pyridine rings is 2. The van der Waals surface area contributed by atoms with E-state index in [0.29, 0.717) is 65.3 Å². The average molecular weight is 767 g/mol. The van der Waals surface area contributed by atoms with Crippen molar-refractivity contribution in [1.29, 1.82) is 10.5 Å². The molecule has 2 saturated heterocycles. The molecule has 3 amide bonds. The van der Waals surface area contributed by atoms with E-state index >= 15 is 0 Å². The van der Waals surface area contributed by atoms with Crippen LogP contribution in [0.15, 0.2) is 61.2 Å². The number of fused-ring (bicyclic) bond motifs is 1.